The van der Waals surface area contributed by atoms with Crippen LogP contribution in [0.5, 0.6) is 0 Å². The van der Waals surface area contributed by atoms with Crippen molar-refractivity contribution in [1.82, 2.24) is 0 Å². The van der Waals surface area contributed by atoms with Crippen molar-refractivity contribution in [2.24, 2.45) is 5.92 Å². The molecule has 2 unspecified atom stereocenters. The fraction of sp³-hybridized carbons (Fsp3) is 0.500. The topological polar surface area (TPSA) is 29.5 Å². The van der Waals surface area contributed by atoms with Gasteiger partial charge in [0.15, 0.2) is 0 Å². The first-order valence-corrected chi connectivity index (χ1v) is 6.64. The van der Waals surface area contributed by atoms with Gasteiger partial charge in [-0.25, -0.2) is 0 Å². The van der Waals surface area contributed by atoms with Crippen molar-refractivity contribution in [3.05, 3.63) is 32.4 Å². The maximum atomic E-state index is 10.1. The third-order valence-corrected chi connectivity index (χ3v) is 4.17. The number of methoxy groups -OCH3 is 1. The lowest BCUT2D eigenvalue weighted by Gasteiger charge is -2.19. The standard InChI is InChI=1S/C12H16ClIO2/c1-8(5-6-16-2)12(15)9-3-4-11(14)10(13)7-9/h3-4,7-8,12,15H,5-6H2,1-2H3. The Balaban J connectivity index is 2.71. The highest BCUT2D eigenvalue weighted by atomic mass is 127. The van der Waals surface area contributed by atoms with Crippen LogP contribution in [0.2, 0.25) is 5.02 Å². The van der Waals surface area contributed by atoms with Gasteiger partial charge in [-0.1, -0.05) is 24.6 Å². The van der Waals surface area contributed by atoms with Gasteiger partial charge in [-0.2, -0.15) is 0 Å². The second-order valence-corrected chi connectivity index (χ2v) is 5.45. The van der Waals surface area contributed by atoms with Gasteiger partial charge >= 0.3 is 0 Å². The van der Waals surface area contributed by atoms with Crippen LogP contribution in [0.15, 0.2) is 18.2 Å². The lowest BCUT2D eigenvalue weighted by molar-refractivity contribution is 0.0886. The predicted molar refractivity (Wildman–Crippen MR) is 74.8 cm³/mol. The summed E-state index contributed by atoms with van der Waals surface area (Å²) in [5, 5.41) is 10.8. The Morgan fingerprint density at radius 1 is 1.50 bits per heavy atom. The van der Waals surface area contributed by atoms with Gasteiger partial charge in [0.1, 0.15) is 0 Å². The molecule has 1 rings (SSSR count). The molecule has 0 amide bonds. The summed E-state index contributed by atoms with van der Waals surface area (Å²) in [4.78, 5) is 0. The van der Waals surface area contributed by atoms with Gasteiger partial charge in [-0.3, -0.25) is 0 Å². The lowest BCUT2D eigenvalue weighted by Crippen LogP contribution is -2.11. The fourth-order valence-electron chi connectivity index (χ4n) is 1.49. The molecule has 2 nitrogen and oxygen atoms in total. The van der Waals surface area contributed by atoms with Crippen LogP contribution in [0.25, 0.3) is 0 Å². The van der Waals surface area contributed by atoms with E-state index in [4.69, 9.17) is 16.3 Å². The molecule has 1 N–H and O–H groups in total. The zero-order chi connectivity index (χ0) is 12.1. The number of hydrogen-bond acceptors (Lipinski definition) is 2. The van der Waals surface area contributed by atoms with E-state index in [-0.39, 0.29) is 5.92 Å². The molecule has 0 fully saturated rings. The number of aliphatic hydroxyl groups excluding tert-OH is 1. The van der Waals surface area contributed by atoms with Crippen molar-refractivity contribution >= 4 is 34.2 Å². The monoisotopic (exact) mass is 354 g/mol. The smallest absolute Gasteiger partial charge is 0.0816 e. The molecule has 0 aliphatic rings. The number of rotatable bonds is 5. The van der Waals surface area contributed by atoms with Crippen molar-refractivity contribution in [2.45, 2.75) is 19.4 Å². The lowest BCUT2D eigenvalue weighted by atomic mass is 9.95. The molecule has 0 aliphatic heterocycles. The molecule has 2 atom stereocenters. The first-order chi connectivity index (χ1) is 7.56. The van der Waals surface area contributed by atoms with Crippen LogP contribution < -0.4 is 0 Å². The van der Waals surface area contributed by atoms with E-state index < -0.39 is 6.10 Å². The summed E-state index contributed by atoms with van der Waals surface area (Å²) < 4.78 is 6.00. The predicted octanol–water partition coefficient (Wildman–Crippen LogP) is 3.65. The van der Waals surface area contributed by atoms with E-state index in [1.807, 2.05) is 25.1 Å². The average molecular weight is 355 g/mol. The summed E-state index contributed by atoms with van der Waals surface area (Å²) >= 11 is 8.19. The molecular weight excluding hydrogens is 338 g/mol. The van der Waals surface area contributed by atoms with E-state index in [1.54, 1.807) is 7.11 Å². The minimum Gasteiger partial charge on any atom is -0.388 e. The molecule has 0 bridgehead atoms. The first kappa shape index (κ1) is 14.2. The maximum absolute atomic E-state index is 10.1. The molecule has 0 saturated heterocycles. The third-order valence-electron chi connectivity index (χ3n) is 2.60. The van der Waals surface area contributed by atoms with Gasteiger partial charge < -0.3 is 9.84 Å². The molecule has 4 heteroatoms. The zero-order valence-electron chi connectivity index (χ0n) is 9.41. The van der Waals surface area contributed by atoms with Crippen LogP contribution >= 0.6 is 34.2 Å². The molecule has 0 saturated carbocycles. The molecule has 0 heterocycles. The van der Waals surface area contributed by atoms with Gasteiger partial charge in [-0.05, 0) is 52.6 Å². The number of aliphatic hydroxyl groups is 1. The summed E-state index contributed by atoms with van der Waals surface area (Å²) in [5.41, 5.74) is 0.869. The Bertz CT molecular complexity index is 344. The van der Waals surface area contributed by atoms with Gasteiger partial charge in [-0.15, -0.1) is 0 Å². The quantitative estimate of drug-likeness (QED) is 0.818. The Morgan fingerprint density at radius 3 is 2.75 bits per heavy atom. The number of ether oxygens (including phenoxy) is 1. The SMILES string of the molecule is COCCC(C)C(O)c1ccc(I)c(Cl)c1. The summed E-state index contributed by atoms with van der Waals surface area (Å²) in [7, 11) is 1.67. The van der Waals surface area contributed by atoms with Crippen LogP contribution in [0.1, 0.15) is 25.0 Å². The molecule has 16 heavy (non-hydrogen) atoms. The van der Waals surface area contributed by atoms with Gasteiger partial charge in [0.25, 0.3) is 0 Å². The van der Waals surface area contributed by atoms with Crippen molar-refractivity contribution in [3.63, 3.8) is 0 Å². The second-order valence-electron chi connectivity index (χ2n) is 3.88. The van der Waals surface area contributed by atoms with Gasteiger partial charge in [0, 0.05) is 17.3 Å². The summed E-state index contributed by atoms with van der Waals surface area (Å²) in [6.07, 6.45) is 0.353. The summed E-state index contributed by atoms with van der Waals surface area (Å²) in [6.45, 7) is 2.67. The molecule has 90 valence electrons. The highest BCUT2D eigenvalue weighted by Crippen LogP contribution is 2.28. The highest BCUT2D eigenvalue weighted by molar-refractivity contribution is 14.1. The Hall–Kier alpha value is 0.160. The minimum absolute atomic E-state index is 0.163. The normalized spacial score (nSPS) is 14.8. The van der Waals surface area contributed by atoms with E-state index in [0.29, 0.717) is 11.6 Å². The molecule has 0 radical (unpaired) electrons. The van der Waals surface area contributed by atoms with Crippen LogP contribution in [0.3, 0.4) is 0 Å². The van der Waals surface area contributed by atoms with E-state index in [0.717, 1.165) is 15.6 Å². The molecule has 1 aromatic carbocycles. The van der Waals surface area contributed by atoms with E-state index in [2.05, 4.69) is 22.6 Å². The first-order valence-electron chi connectivity index (χ1n) is 5.18. The molecular formula is C12H16ClIO2. The van der Waals surface area contributed by atoms with Crippen LogP contribution in [-0.2, 0) is 4.74 Å². The highest BCUT2D eigenvalue weighted by Gasteiger charge is 2.16. The maximum Gasteiger partial charge on any atom is 0.0816 e. The molecule has 0 aromatic heterocycles. The fourth-order valence-corrected chi connectivity index (χ4v) is 2.01. The summed E-state index contributed by atoms with van der Waals surface area (Å²) in [5.74, 6) is 0.163. The largest absolute Gasteiger partial charge is 0.388 e. The minimum atomic E-state index is -0.482. The van der Waals surface area contributed by atoms with Crippen LogP contribution in [0, 0.1) is 9.49 Å². The third kappa shape index (κ3) is 3.87. The molecule has 1 aromatic rings. The number of halogens is 2. The molecule has 0 spiro atoms. The van der Waals surface area contributed by atoms with Crippen LogP contribution in [0.4, 0.5) is 0 Å². The van der Waals surface area contributed by atoms with Crippen molar-refractivity contribution < 1.29 is 9.84 Å². The zero-order valence-corrected chi connectivity index (χ0v) is 12.3. The summed E-state index contributed by atoms with van der Waals surface area (Å²) in [6, 6.07) is 5.67. The average Bonchev–Trinajstić information content (AvgIpc) is 2.28. The van der Waals surface area contributed by atoms with E-state index >= 15 is 0 Å². The number of hydrogen-bond donors (Lipinski definition) is 1. The van der Waals surface area contributed by atoms with Crippen molar-refractivity contribution in [2.75, 3.05) is 13.7 Å². The van der Waals surface area contributed by atoms with Crippen LogP contribution in [-0.4, -0.2) is 18.8 Å². The van der Waals surface area contributed by atoms with Crippen molar-refractivity contribution in [1.29, 1.82) is 0 Å². The Kier molecular flexibility index (Phi) is 6.03. The Labute approximate surface area is 115 Å². The van der Waals surface area contributed by atoms with Gasteiger partial charge in [0.2, 0.25) is 0 Å². The van der Waals surface area contributed by atoms with E-state index in [1.165, 1.54) is 0 Å². The number of benzene rings is 1. The van der Waals surface area contributed by atoms with Gasteiger partial charge in [0.05, 0.1) is 11.1 Å². The Morgan fingerprint density at radius 2 is 2.19 bits per heavy atom. The van der Waals surface area contributed by atoms with Crippen molar-refractivity contribution in [3.8, 4) is 0 Å². The van der Waals surface area contributed by atoms with E-state index in [9.17, 15) is 5.11 Å². The second kappa shape index (κ2) is 6.79. The molecule has 0 aliphatic carbocycles.